The van der Waals surface area contributed by atoms with Gasteiger partial charge in [-0.15, -0.1) is 0 Å². The first-order valence-electron chi connectivity index (χ1n) is 6.56. The lowest BCUT2D eigenvalue weighted by molar-refractivity contribution is 0.340. The minimum Gasteiger partial charge on any atom is -0.494 e. The summed E-state index contributed by atoms with van der Waals surface area (Å²) in [6, 6.07) is 12.5. The Morgan fingerprint density at radius 3 is 2.78 bits per heavy atom. The summed E-state index contributed by atoms with van der Waals surface area (Å²) < 4.78 is 5.60. The maximum Gasteiger partial charge on any atom is 0.119 e. The Morgan fingerprint density at radius 1 is 1.22 bits per heavy atom. The second kappa shape index (κ2) is 4.81. The molecule has 0 spiro atoms. The van der Waals surface area contributed by atoms with Crippen molar-refractivity contribution in [3.63, 3.8) is 0 Å². The van der Waals surface area contributed by atoms with E-state index in [1.54, 1.807) is 0 Å². The van der Waals surface area contributed by atoms with Gasteiger partial charge in [-0.3, -0.25) is 4.98 Å². The van der Waals surface area contributed by atoms with Gasteiger partial charge in [-0.25, -0.2) is 0 Å². The van der Waals surface area contributed by atoms with Crippen LogP contribution in [0.5, 0.6) is 5.75 Å². The summed E-state index contributed by atoms with van der Waals surface area (Å²) in [5.41, 5.74) is 3.68. The molecule has 0 bridgehead atoms. The van der Waals surface area contributed by atoms with Gasteiger partial charge in [0.2, 0.25) is 0 Å². The van der Waals surface area contributed by atoms with Gasteiger partial charge in [0.1, 0.15) is 5.75 Å². The topological polar surface area (TPSA) is 22.1 Å². The molecule has 2 aromatic rings. The van der Waals surface area contributed by atoms with Crippen LogP contribution in [0.3, 0.4) is 0 Å². The van der Waals surface area contributed by atoms with E-state index in [9.17, 15) is 0 Å². The van der Waals surface area contributed by atoms with Gasteiger partial charge < -0.3 is 4.74 Å². The van der Waals surface area contributed by atoms with Crippen LogP contribution in [-0.2, 0) is 0 Å². The van der Waals surface area contributed by atoms with Gasteiger partial charge in [0, 0.05) is 11.8 Å². The first-order valence-corrected chi connectivity index (χ1v) is 6.56. The van der Waals surface area contributed by atoms with Crippen molar-refractivity contribution in [1.29, 1.82) is 0 Å². The van der Waals surface area contributed by atoms with Gasteiger partial charge in [-0.05, 0) is 55.5 Å². The van der Waals surface area contributed by atoms with Crippen LogP contribution in [-0.4, -0.2) is 11.6 Å². The Balaban J connectivity index is 2.06. The van der Waals surface area contributed by atoms with Crippen molar-refractivity contribution < 1.29 is 4.74 Å². The number of rotatable bonds is 4. The number of hydrogen-bond donors (Lipinski definition) is 0. The van der Waals surface area contributed by atoms with E-state index < -0.39 is 0 Å². The molecule has 2 heteroatoms. The van der Waals surface area contributed by atoms with Gasteiger partial charge in [0.25, 0.3) is 0 Å². The van der Waals surface area contributed by atoms with Crippen LogP contribution in [0.1, 0.15) is 31.2 Å². The summed E-state index contributed by atoms with van der Waals surface area (Å²) >= 11 is 0. The van der Waals surface area contributed by atoms with Crippen LogP contribution < -0.4 is 4.74 Å². The molecule has 0 saturated heterocycles. The molecule has 3 rings (SSSR count). The van der Waals surface area contributed by atoms with Crippen molar-refractivity contribution in [2.45, 2.75) is 25.7 Å². The van der Waals surface area contributed by atoms with E-state index in [1.165, 1.54) is 24.0 Å². The number of aromatic nitrogens is 1. The van der Waals surface area contributed by atoms with Crippen molar-refractivity contribution in [1.82, 2.24) is 4.98 Å². The first kappa shape index (κ1) is 11.3. The quantitative estimate of drug-likeness (QED) is 0.803. The van der Waals surface area contributed by atoms with Gasteiger partial charge >= 0.3 is 0 Å². The Morgan fingerprint density at radius 2 is 2.11 bits per heavy atom. The first-order chi connectivity index (χ1) is 8.88. The fraction of sp³-hybridized carbons (Fsp3) is 0.312. The van der Waals surface area contributed by atoms with Crippen molar-refractivity contribution in [2.24, 2.45) is 0 Å². The molecule has 0 radical (unpaired) electrons. The second-order valence-electron chi connectivity index (χ2n) is 4.67. The average molecular weight is 239 g/mol. The van der Waals surface area contributed by atoms with Crippen molar-refractivity contribution in [3.8, 4) is 17.0 Å². The second-order valence-corrected chi connectivity index (χ2v) is 4.67. The fourth-order valence-corrected chi connectivity index (χ4v) is 2.29. The lowest BCUT2D eigenvalue weighted by atomic mass is 10.00. The number of hydrogen-bond acceptors (Lipinski definition) is 2. The number of pyridine rings is 1. The summed E-state index contributed by atoms with van der Waals surface area (Å²) in [7, 11) is 0. The van der Waals surface area contributed by atoms with Crippen LogP contribution >= 0.6 is 0 Å². The zero-order valence-electron chi connectivity index (χ0n) is 10.6. The molecule has 0 atom stereocenters. The molecule has 0 aliphatic heterocycles. The third-order valence-electron chi connectivity index (χ3n) is 3.29. The third kappa shape index (κ3) is 2.23. The van der Waals surface area contributed by atoms with E-state index in [1.807, 2.05) is 25.3 Å². The molecule has 1 fully saturated rings. The van der Waals surface area contributed by atoms with Crippen LogP contribution in [0, 0.1) is 0 Å². The molecule has 0 amide bonds. The highest BCUT2D eigenvalue weighted by atomic mass is 16.5. The molecular weight excluding hydrogens is 222 g/mol. The minimum atomic E-state index is 0.699. The Kier molecular flexibility index (Phi) is 3.01. The highest BCUT2D eigenvalue weighted by Crippen LogP contribution is 2.45. The van der Waals surface area contributed by atoms with Crippen LogP contribution in [0.4, 0.5) is 0 Å². The van der Waals surface area contributed by atoms with E-state index in [4.69, 9.17) is 4.74 Å². The molecule has 18 heavy (non-hydrogen) atoms. The van der Waals surface area contributed by atoms with Gasteiger partial charge in [0.15, 0.2) is 0 Å². The highest BCUT2D eigenvalue weighted by Gasteiger charge is 2.26. The van der Waals surface area contributed by atoms with Gasteiger partial charge in [0.05, 0.1) is 12.3 Å². The zero-order chi connectivity index (χ0) is 12.4. The molecule has 1 saturated carbocycles. The predicted octanol–water partition coefficient (Wildman–Crippen LogP) is 4.02. The molecule has 0 unspecified atom stereocenters. The summed E-state index contributed by atoms with van der Waals surface area (Å²) in [5.74, 6) is 1.65. The van der Waals surface area contributed by atoms with E-state index in [-0.39, 0.29) is 0 Å². The molecule has 1 aromatic carbocycles. The number of benzene rings is 1. The van der Waals surface area contributed by atoms with E-state index in [0.29, 0.717) is 6.61 Å². The van der Waals surface area contributed by atoms with E-state index in [0.717, 1.165) is 17.4 Å². The maximum atomic E-state index is 5.60. The van der Waals surface area contributed by atoms with Crippen LogP contribution in [0.25, 0.3) is 11.3 Å². The van der Waals surface area contributed by atoms with Crippen molar-refractivity contribution in [3.05, 3.63) is 48.2 Å². The van der Waals surface area contributed by atoms with Crippen LogP contribution in [0.15, 0.2) is 42.6 Å². The molecule has 92 valence electrons. The normalized spacial score (nSPS) is 14.5. The Bertz CT molecular complexity index is 532. The summed E-state index contributed by atoms with van der Waals surface area (Å²) in [4.78, 5) is 4.47. The van der Waals surface area contributed by atoms with Crippen LogP contribution in [0.2, 0.25) is 0 Å². The molecular formula is C16H17NO. The molecule has 1 aliphatic rings. The largest absolute Gasteiger partial charge is 0.494 e. The van der Waals surface area contributed by atoms with Crippen molar-refractivity contribution in [2.75, 3.05) is 6.61 Å². The third-order valence-corrected chi connectivity index (χ3v) is 3.29. The Hall–Kier alpha value is -1.83. The molecule has 1 aliphatic carbocycles. The Labute approximate surface area is 108 Å². The predicted molar refractivity (Wildman–Crippen MR) is 72.8 cm³/mol. The number of nitrogens with zero attached hydrogens (tertiary/aromatic N) is 1. The highest BCUT2D eigenvalue weighted by molar-refractivity contribution is 5.67. The molecule has 1 aromatic heterocycles. The summed E-state index contributed by atoms with van der Waals surface area (Å²) in [6.07, 6.45) is 4.45. The number of ether oxygens (including phenoxy) is 1. The summed E-state index contributed by atoms with van der Waals surface area (Å²) in [5, 5.41) is 0. The lowest BCUT2D eigenvalue weighted by Gasteiger charge is -2.11. The molecule has 1 heterocycles. The molecule has 0 N–H and O–H groups in total. The zero-order valence-corrected chi connectivity index (χ0v) is 10.6. The monoisotopic (exact) mass is 239 g/mol. The SMILES string of the molecule is CCOc1ccc(C2CC2)c(-c2ccccn2)c1. The van der Waals surface area contributed by atoms with E-state index >= 15 is 0 Å². The van der Waals surface area contributed by atoms with Crippen molar-refractivity contribution >= 4 is 0 Å². The standard InChI is InChI=1S/C16H17NO/c1-2-18-13-8-9-14(12-6-7-12)15(11-13)16-5-3-4-10-17-16/h3-5,8-12H,2,6-7H2,1H3. The van der Waals surface area contributed by atoms with Gasteiger partial charge in [-0.1, -0.05) is 12.1 Å². The van der Waals surface area contributed by atoms with E-state index in [2.05, 4.69) is 29.2 Å². The summed E-state index contributed by atoms with van der Waals surface area (Å²) in [6.45, 7) is 2.71. The fourth-order valence-electron chi connectivity index (χ4n) is 2.29. The minimum absolute atomic E-state index is 0.699. The smallest absolute Gasteiger partial charge is 0.119 e. The lowest BCUT2D eigenvalue weighted by Crippen LogP contribution is -1.95. The maximum absolute atomic E-state index is 5.60. The van der Waals surface area contributed by atoms with Gasteiger partial charge in [-0.2, -0.15) is 0 Å². The molecule has 2 nitrogen and oxygen atoms in total. The average Bonchev–Trinajstić information content (AvgIpc) is 3.24.